The fourth-order valence-electron chi connectivity index (χ4n) is 8.62. The highest BCUT2D eigenvalue weighted by Gasteiger charge is 2.52. The van der Waals surface area contributed by atoms with Gasteiger partial charge in [0.25, 0.3) is 0 Å². The van der Waals surface area contributed by atoms with E-state index < -0.39 is 0 Å². The van der Waals surface area contributed by atoms with E-state index in [0.29, 0.717) is 0 Å². The van der Waals surface area contributed by atoms with Crippen LogP contribution < -0.4 is 20.7 Å². The molecule has 0 atom stereocenters. The summed E-state index contributed by atoms with van der Waals surface area (Å²) < 4.78 is 29.7. The summed E-state index contributed by atoms with van der Waals surface area (Å²) in [4.78, 5) is 4.51. The maximum absolute atomic E-state index is 6.30. The van der Waals surface area contributed by atoms with Crippen molar-refractivity contribution in [2.45, 2.75) is 143 Å². The molecule has 0 saturated carbocycles. The van der Waals surface area contributed by atoms with E-state index in [1.54, 1.807) is 11.3 Å². The number of nitrogens with zero attached hydrogens (tertiary/aromatic N) is 2. The molecule has 2 saturated heterocycles. The van der Waals surface area contributed by atoms with E-state index >= 15 is 0 Å². The van der Waals surface area contributed by atoms with Crippen molar-refractivity contribution in [3.05, 3.63) is 185 Å². The molecule has 6 aromatic carbocycles. The molecule has 0 aliphatic carbocycles. The van der Waals surface area contributed by atoms with Gasteiger partial charge in [-0.2, -0.15) is 0 Å². The third-order valence-corrected chi connectivity index (χ3v) is 18.0. The number of thiophene rings is 1. The zero-order valence-electron chi connectivity index (χ0n) is 45.3. The number of benzene rings is 6. The molecule has 13 heteroatoms. The summed E-state index contributed by atoms with van der Waals surface area (Å²) in [6.45, 7) is 21.2. The first-order valence-electron chi connectivity index (χ1n) is 26.3. The van der Waals surface area contributed by atoms with E-state index in [-0.39, 0.29) is 36.6 Å². The largest absolute Gasteiger partial charge is 0.494 e. The summed E-state index contributed by atoms with van der Waals surface area (Å²) in [6.07, 6.45) is 10.1. The Balaban J connectivity index is 0.000000199. The second kappa shape index (κ2) is 26.4. The fourth-order valence-corrected chi connectivity index (χ4v) is 10.7. The molecule has 0 spiro atoms. The molecular formula is C62H72B2Br4N2O4S. The first-order valence-corrected chi connectivity index (χ1v) is 30.3. The lowest BCUT2D eigenvalue weighted by molar-refractivity contribution is 0.00578. The molecule has 394 valence electrons. The van der Waals surface area contributed by atoms with E-state index in [1.807, 2.05) is 0 Å². The minimum Gasteiger partial charge on any atom is -0.399 e. The van der Waals surface area contributed by atoms with Gasteiger partial charge in [0.1, 0.15) is 0 Å². The number of hydrogen-bond acceptors (Lipinski definition) is 7. The van der Waals surface area contributed by atoms with Crippen molar-refractivity contribution >= 4 is 134 Å². The lowest BCUT2D eigenvalue weighted by atomic mass is 9.79. The smallest absolute Gasteiger partial charge is 0.399 e. The van der Waals surface area contributed by atoms with Crippen molar-refractivity contribution in [2.24, 2.45) is 0 Å². The summed E-state index contributed by atoms with van der Waals surface area (Å²) in [6, 6.07) is 53.1. The molecule has 2 aliphatic heterocycles. The van der Waals surface area contributed by atoms with E-state index in [2.05, 4.69) is 300 Å². The topological polar surface area (TPSA) is 43.4 Å². The molecule has 0 bridgehead atoms. The van der Waals surface area contributed by atoms with Crippen molar-refractivity contribution in [2.75, 3.05) is 9.80 Å². The maximum Gasteiger partial charge on any atom is 0.494 e. The Labute approximate surface area is 487 Å². The van der Waals surface area contributed by atoms with Crippen LogP contribution in [0.4, 0.5) is 34.1 Å². The van der Waals surface area contributed by atoms with Gasteiger partial charge >= 0.3 is 14.2 Å². The highest BCUT2D eigenvalue weighted by molar-refractivity contribution is 9.11. The second-order valence-corrected chi connectivity index (χ2v) is 26.2. The monoisotopic (exact) mass is 1280 g/mol. The van der Waals surface area contributed by atoms with Crippen molar-refractivity contribution in [3.8, 4) is 0 Å². The predicted octanol–water partition coefficient (Wildman–Crippen LogP) is 19.2. The normalized spacial score (nSPS) is 15.9. The zero-order valence-corrected chi connectivity index (χ0v) is 52.4. The molecule has 0 amide bonds. The highest BCUT2D eigenvalue weighted by atomic mass is 79.9. The average Bonchev–Trinajstić information content (AvgIpc) is 3.98. The van der Waals surface area contributed by atoms with Crippen LogP contribution in [0.2, 0.25) is 0 Å². The Morgan fingerprint density at radius 1 is 0.387 bits per heavy atom. The van der Waals surface area contributed by atoms with Crippen LogP contribution in [0.15, 0.2) is 174 Å². The van der Waals surface area contributed by atoms with Crippen LogP contribution in [0.25, 0.3) is 0 Å². The van der Waals surface area contributed by atoms with E-state index in [0.717, 1.165) is 64.9 Å². The molecule has 2 aliphatic rings. The van der Waals surface area contributed by atoms with Gasteiger partial charge in [0, 0.05) is 47.5 Å². The summed E-state index contributed by atoms with van der Waals surface area (Å²) in [5.41, 5.74) is 9.97. The zero-order chi connectivity index (χ0) is 54.0. The SMILES string of the molecule is Brc1ccc(N(c2ccc(Br)cc2)c2ccc(Br)cc2)cc1.CCCCCCc1ccsc1Br.CCCCc1ccc(N(c2ccc(B3OC(C)(C)C(C)(C)O3)cc2)c2ccc(B3OC(C)(C)C(C)(C)O3)cc2)cc1. The van der Waals surface area contributed by atoms with E-state index in [4.69, 9.17) is 18.6 Å². The highest BCUT2D eigenvalue weighted by Crippen LogP contribution is 2.40. The van der Waals surface area contributed by atoms with Crippen LogP contribution in [0, 0.1) is 0 Å². The van der Waals surface area contributed by atoms with Gasteiger partial charge in [-0.15, -0.1) is 11.3 Å². The molecule has 1 aromatic heterocycles. The number of aryl methyl sites for hydroxylation is 2. The Kier molecular flexibility index (Phi) is 20.9. The Morgan fingerprint density at radius 3 is 1.01 bits per heavy atom. The first kappa shape index (κ1) is 59.2. The molecule has 6 nitrogen and oxygen atoms in total. The molecule has 2 fully saturated rings. The number of hydrogen-bond donors (Lipinski definition) is 0. The summed E-state index contributed by atoms with van der Waals surface area (Å²) in [7, 11) is -0.779. The Bertz CT molecular complexity index is 2640. The van der Waals surface area contributed by atoms with E-state index in [1.165, 1.54) is 59.9 Å². The first-order chi connectivity index (χ1) is 35.7. The summed E-state index contributed by atoms with van der Waals surface area (Å²) in [5.74, 6) is 0. The van der Waals surface area contributed by atoms with Crippen molar-refractivity contribution in [1.82, 2.24) is 0 Å². The molecule has 75 heavy (non-hydrogen) atoms. The standard InChI is InChI=1S/C34H45B2NO4.C18H12Br3N.C10H15BrS/c1-10-11-12-25-13-19-28(20-14-25)37(29-21-15-26(16-22-29)35-38-31(2,3)32(4,5)39-35)30-23-17-27(18-24-30)36-40-33(6,7)34(8,9)41-36;19-13-1-7-16(8-2-13)22(17-9-3-14(20)4-10-17)18-11-5-15(21)6-12-18;1-2-3-4-5-6-9-7-8-12-10(9)11/h13-24H,10-12H2,1-9H3;1-12H;7-8H,2-6H2,1H3. The Hall–Kier alpha value is -3.49. The van der Waals surface area contributed by atoms with Crippen LogP contribution in [-0.4, -0.2) is 36.6 Å². The predicted molar refractivity (Wildman–Crippen MR) is 335 cm³/mol. The minimum absolute atomic E-state index is 0.374. The summed E-state index contributed by atoms with van der Waals surface area (Å²) in [5, 5.41) is 2.15. The van der Waals surface area contributed by atoms with Crippen molar-refractivity contribution in [1.29, 1.82) is 0 Å². The molecule has 9 rings (SSSR count). The summed E-state index contributed by atoms with van der Waals surface area (Å²) >= 11 is 15.8. The van der Waals surface area contributed by atoms with Crippen LogP contribution in [0.1, 0.15) is 119 Å². The fraction of sp³-hybridized carbons (Fsp3) is 0.355. The molecule has 3 heterocycles. The molecule has 0 radical (unpaired) electrons. The van der Waals surface area contributed by atoms with Gasteiger partial charge in [-0.1, -0.05) is 124 Å². The van der Waals surface area contributed by atoms with Gasteiger partial charge in [-0.25, -0.2) is 0 Å². The molecule has 7 aromatic rings. The lowest BCUT2D eigenvalue weighted by Crippen LogP contribution is -2.41. The van der Waals surface area contributed by atoms with Gasteiger partial charge in [-0.3, -0.25) is 0 Å². The van der Waals surface area contributed by atoms with Gasteiger partial charge in [0.2, 0.25) is 0 Å². The number of anilines is 6. The number of halogens is 4. The minimum atomic E-state index is -0.389. The second-order valence-electron chi connectivity index (χ2n) is 21.3. The third kappa shape index (κ3) is 15.4. The number of rotatable bonds is 16. The van der Waals surface area contributed by atoms with Crippen LogP contribution >= 0.6 is 75.1 Å². The molecular weight excluding hydrogens is 1210 g/mol. The average molecular weight is 1280 g/mol. The number of unbranched alkanes of at least 4 members (excludes halogenated alkanes) is 4. The van der Waals surface area contributed by atoms with Crippen molar-refractivity contribution in [3.63, 3.8) is 0 Å². The quantitative estimate of drug-likeness (QED) is 0.0710. The van der Waals surface area contributed by atoms with E-state index in [9.17, 15) is 0 Å². The lowest BCUT2D eigenvalue weighted by Gasteiger charge is -2.32. The van der Waals surface area contributed by atoms with Gasteiger partial charge in [0.05, 0.1) is 26.2 Å². The maximum atomic E-state index is 6.30. The Morgan fingerprint density at radius 2 is 0.707 bits per heavy atom. The third-order valence-electron chi connectivity index (χ3n) is 14.6. The van der Waals surface area contributed by atoms with Crippen LogP contribution in [0.3, 0.4) is 0 Å². The van der Waals surface area contributed by atoms with Gasteiger partial charge in [-0.05, 0) is 240 Å². The van der Waals surface area contributed by atoms with Crippen LogP contribution in [-0.2, 0) is 31.5 Å². The van der Waals surface area contributed by atoms with Crippen molar-refractivity contribution < 1.29 is 18.6 Å². The van der Waals surface area contributed by atoms with Gasteiger partial charge < -0.3 is 28.4 Å². The molecule has 0 unspecified atom stereocenters. The van der Waals surface area contributed by atoms with Crippen LogP contribution in [0.5, 0.6) is 0 Å². The molecule has 0 N–H and O–H groups in total. The van der Waals surface area contributed by atoms with Gasteiger partial charge in [0.15, 0.2) is 0 Å².